The number of carbonyl (C=O) groups excluding carboxylic acids is 1. The molecular formula is C14H12Cl3N3O2S. The average Bonchev–Trinajstić information content (AvgIpc) is 2.45. The minimum atomic E-state index is -0.445. The number of aryl methyl sites for hydroxylation is 1. The zero-order chi connectivity index (χ0) is 17.1. The van der Waals surface area contributed by atoms with E-state index >= 15 is 0 Å². The molecule has 0 saturated carbocycles. The first-order valence-electron chi connectivity index (χ1n) is 6.38. The zero-order valence-electron chi connectivity index (χ0n) is 12.2. The summed E-state index contributed by atoms with van der Waals surface area (Å²) in [4.78, 5) is 28.5. The van der Waals surface area contributed by atoms with Gasteiger partial charge in [-0.15, -0.1) is 0 Å². The summed E-state index contributed by atoms with van der Waals surface area (Å²) in [5, 5.41) is 3.84. The summed E-state index contributed by atoms with van der Waals surface area (Å²) < 4.78 is 1.28. The predicted octanol–water partition coefficient (Wildman–Crippen LogP) is 3.87. The van der Waals surface area contributed by atoms with Gasteiger partial charge in [-0.25, -0.2) is 4.98 Å². The van der Waals surface area contributed by atoms with Gasteiger partial charge in [-0.05, 0) is 25.3 Å². The second-order valence-electron chi connectivity index (χ2n) is 4.60. The van der Waals surface area contributed by atoms with Crippen molar-refractivity contribution < 1.29 is 4.79 Å². The number of anilines is 1. The monoisotopic (exact) mass is 391 g/mol. The van der Waals surface area contributed by atoms with Crippen LogP contribution in [0.15, 0.2) is 28.2 Å². The van der Waals surface area contributed by atoms with Crippen LogP contribution in [0.4, 0.5) is 5.69 Å². The fourth-order valence-corrected chi connectivity index (χ4v) is 3.40. The third-order valence-electron chi connectivity index (χ3n) is 2.86. The number of aromatic nitrogens is 2. The first kappa shape index (κ1) is 18.1. The van der Waals surface area contributed by atoms with E-state index in [2.05, 4.69) is 10.3 Å². The molecule has 1 aromatic heterocycles. The van der Waals surface area contributed by atoms with E-state index in [0.29, 0.717) is 15.9 Å². The normalized spacial score (nSPS) is 10.7. The Labute approximate surface area is 152 Å². The van der Waals surface area contributed by atoms with Gasteiger partial charge in [0.15, 0.2) is 5.16 Å². The van der Waals surface area contributed by atoms with Crippen molar-refractivity contribution in [2.45, 2.75) is 18.6 Å². The van der Waals surface area contributed by atoms with Crippen molar-refractivity contribution in [1.29, 1.82) is 0 Å². The molecule has 0 aliphatic heterocycles. The number of benzene rings is 1. The molecule has 1 heterocycles. The molecule has 1 aromatic carbocycles. The summed E-state index contributed by atoms with van der Waals surface area (Å²) in [6, 6.07) is 4.31. The standard InChI is InChI=1S/C14H12Cl3N3O2S/c1-7-3-12(22)20(14(18-7)23-2)6-11(21)19-13-9(16)4-8(15)5-10(13)17/h3-5H,6H2,1-2H3,(H,19,21). The Morgan fingerprint density at radius 2 is 1.87 bits per heavy atom. The van der Waals surface area contributed by atoms with Crippen LogP contribution < -0.4 is 10.9 Å². The Morgan fingerprint density at radius 3 is 2.43 bits per heavy atom. The molecule has 0 unspecified atom stereocenters. The molecule has 1 N–H and O–H groups in total. The van der Waals surface area contributed by atoms with Gasteiger partial charge in [0.05, 0.1) is 15.7 Å². The van der Waals surface area contributed by atoms with Crippen molar-refractivity contribution in [3.63, 3.8) is 0 Å². The fourth-order valence-electron chi connectivity index (χ4n) is 1.88. The van der Waals surface area contributed by atoms with Gasteiger partial charge in [0, 0.05) is 16.8 Å². The maximum atomic E-state index is 12.2. The average molecular weight is 393 g/mol. The van der Waals surface area contributed by atoms with Gasteiger partial charge in [-0.1, -0.05) is 46.6 Å². The lowest BCUT2D eigenvalue weighted by atomic mass is 10.3. The lowest BCUT2D eigenvalue weighted by Gasteiger charge is -2.13. The number of nitrogens with zero attached hydrogens (tertiary/aromatic N) is 2. The molecule has 0 spiro atoms. The van der Waals surface area contributed by atoms with Gasteiger partial charge in [-0.3, -0.25) is 14.2 Å². The minimum Gasteiger partial charge on any atom is -0.322 e. The molecule has 23 heavy (non-hydrogen) atoms. The second kappa shape index (κ2) is 7.57. The number of hydrogen-bond donors (Lipinski definition) is 1. The number of hydrogen-bond acceptors (Lipinski definition) is 4. The van der Waals surface area contributed by atoms with Crippen LogP contribution in [0.25, 0.3) is 0 Å². The van der Waals surface area contributed by atoms with Crippen LogP contribution in [-0.2, 0) is 11.3 Å². The number of nitrogens with one attached hydrogen (secondary N) is 1. The number of carbonyl (C=O) groups is 1. The highest BCUT2D eigenvalue weighted by molar-refractivity contribution is 7.98. The lowest BCUT2D eigenvalue weighted by Crippen LogP contribution is -2.29. The van der Waals surface area contributed by atoms with E-state index < -0.39 is 5.91 Å². The van der Waals surface area contributed by atoms with Crippen molar-refractivity contribution in [3.8, 4) is 0 Å². The van der Waals surface area contributed by atoms with E-state index in [-0.39, 0.29) is 27.8 Å². The molecule has 5 nitrogen and oxygen atoms in total. The molecule has 122 valence electrons. The van der Waals surface area contributed by atoms with Gasteiger partial charge < -0.3 is 5.32 Å². The first-order valence-corrected chi connectivity index (χ1v) is 8.74. The smallest absolute Gasteiger partial charge is 0.254 e. The molecule has 0 radical (unpaired) electrons. The Bertz CT molecular complexity index is 800. The Hall–Kier alpha value is -1.21. The van der Waals surface area contributed by atoms with Crippen LogP contribution in [0.1, 0.15) is 5.69 Å². The second-order valence-corrected chi connectivity index (χ2v) is 6.63. The number of amides is 1. The van der Waals surface area contributed by atoms with Gasteiger partial charge in [0.1, 0.15) is 6.54 Å². The van der Waals surface area contributed by atoms with E-state index in [0.717, 1.165) is 0 Å². The van der Waals surface area contributed by atoms with Gasteiger partial charge >= 0.3 is 0 Å². The summed E-state index contributed by atoms with van der Waals surface area (Å²) in [5.41, 5.74) is 0.548. The highest BCUT2D eigenvalue weighted by Crippen LogP contribution is 2.33. The maximum Gasteiger partial charge on any atom is 0.254 e. The van der Waals surface area contributed by atoms with Crippen molar-refractivity contribution in [1.82, 2.24) is 9.55 Å². The van der Waals surface area contributed by atoms with Gasteiger partial charge in [-0.2, -0.15) is 0 Å². The minimum absolute atomic E-state index is 0.197. The number of halogens is 3. The fraction of sp³-hybridized carbons (Fsp3) is 0.214. The topological polar surface area (TPSA) is 64.0 Å². The molecule has 2 aromatic rings. The van der Waals surface area contributed by atoms with E-state index in [9.17, 15) is 9.59 Å². The summed E-state index contributed by atoms with van der Waals surface area (Å²) in [7, 11) is 0. The molecular weight excluding hydrogens is 381 g/mol. The molecule has 0 aliphatic carbocycles. The van der Waals surface area contributed by atoms with Crippen LogP contribution in [-0.4, -0.2) is 21.7 Å². The predicted molar refractivity (Wildman–Crippen MR) is 95.1 cm³/mol. The third kappa shape index (κ3) is 4.41. The molecule has 0 saturated heterocycles. The van der Waals surface area contributed by atoms with Crippen LogP contribution in [0.2, 0.25) is 15.1 Å². The van der Waals surface area contributed by atoms with Gasteiger partial charge in [0.2, 0.25) is 5.91 Å². The first-order chi connectivity index (χ1) is 10.8. The summed E-state index contributed by atoms with van der Waals surface area (Å²) in [6.07, 6.45) is 1.78. The van der Waals surface area contributed by atoms with Gasteiger partial charge in [0.25, 0.3) is 5.56 Å². The summed E-state index contributed by atoms with van der Waals surface area (Å²) in [6.45, 7) is 1.52. The van der Waals surface area contributed by atoms with E-state index in [1.165, 1.54) is 34.5 Å². The van der Waals surface area contributed by atoms with Crippen LogP contribution in [0.5, 0.6) is 0 Å². The van der Waals surface area contributed by atoms with E-state index in [4.69, 9.17) is 34.8 Å². The molecule has 0 aliphatic rings. The Morgan fingerprint density at radius 1 is 1.26 bits per heavy atom. The highest BCUT2D eigenvalue weighted by atomic mass is 35.5. The van der Waals surface area contributed by atoms with Crippen LogP contribution in [0.3, 0.4) is 0 Å². The molecule has 0 fully saturated rings. The highest BCUT2D eigenvalue weighted by Gasteiger charge is 2.14. The lowest BCUT2D eigenvalue weighted by molar-refractivity contribution is -0.116. The molecule has 0 bridgehead atoms. The summed E-state index contributed by atoms with van der Waals surface area (Å²) in [5.74, 6) is -0.445. The van der Waals surface area contributed by atoms with E-state index in [1.807, 2.05) is 0 Å². The molecule has 0 atom stereocenters. The Kier molecular flexibility index (Phi) is 5.97. The third-order valence-corrected chi connectivity index (χ3v) is 4.35. The summed E-state index contributed by atoms with van der Waals surface area (Å²) >= 11 is 19.2. The number of thioether (sulfide) groups is 1. The molecule has 1 amide bonds. The number of rotatable bonds is 4. The van der Waals surface area contributed by atoms with Crippen molar-refractivity contribution >= 4 is 58.2 Å². The Balaban J connectivity index is 2.26. The quantitative estimate of drug-likeness (QED) is 0.633. The molecule has 9 heteroatoms. The maximum absolute atomic E-state index is 12.2. The van der Waals surface area contributed by atoms with Crippen molar-refractivity contribution in [2.75, 3.05) is 11.6 Å². The largest absolute Gasteiger partial charge is 0.322 e. The van der Waals surface area contributed by atoms with E-state index in [1.54, 1.807) is 13.2 Å². The van der Waals surface area contributed by atoms with Crippen molar-refractivity contribution in [2.24, 2.45) is 0 Å². The SMILES string of the molecule is CSc1nc(C)cc(=O)n1CC(=O)Nc1c(Cl)cc(Cl)cc1Cl. The zero-order valence-corrected chi connectivity index (χ0v) is 15.3. The van der Waals surface area contributed by atoms with Crippen LogP contribution >= 0.6 is 46.6 Å². The van der Waals surface area contributed by atoms with Crippen molar-refractivity contribution in [3.05, 3.63) is 49.3 Å². The molecule has 2 rings (SSSR count). The van der Waals surface area contributed by atoms with Crippen LogP contribution in [0, 0.1) is 6.92 Å².